The molecule has 7 heteroatoms. The Balaban J connectivity index is 1.69. The van der Waals surface area contributed by atoms with E-state index in [0.717, 1.165) is 11.1 Å². The topological polar surface area (TPSA) is 85.3 Å². The maximum absolute atomic E-state index is 13.3. The summed E-state index contributed by atoms with van der Waals surface area (Å²) in [6, 6.07) is 21.4. The van der Waals surface area contributed by atoms with Gasteiger partial charge in [0.15, 0.2) is 0 Å². The molecular weight excluding hydrogens is 482 g/mol. The van der Waals surface area contributed by atoms with E-state index in [9.17, 15) is 14.7 Å². The van der Waals surface area contributed by atoms with E-state index in [1.54, 1.807) is 43.5 Å². The molecule has 0 aromatic heterocycles. The van der Waals surface area contributed by atoms with E-state index in [0.29, 0.717) is 29.2 Å². The minimum atomic E-state index is -0.782. The summed E-state index contributed by atoms with van der Waals surface area (Å²) < 4.78 is 17.0. The predicted octanol–water partition coefficient (Wildman–Crippen LogP) is 5.43. The molecule has 0 spiro atoms. The molecule has 3 aromatic carbocycles. The molecule has 0 aliphatic carbocycles. The van der Waals surface area contributed by atoms with Crippen LogP contribution in [0.4, 0.5) is 0 Å². The Kier molecular flexibility index (Phi) is 8.48. The fraction of sp³-hybridized carbons (Fsp3) is 0.290. The van der Waals surface area contributed by atoms with Crippen LogP contribution in [0.25, 0.3) is 5.76 Å². The molecule has 38 heavy (non-hydrogen) atoms. The first-order valence-electron chi connectivity index (χ1n) is 12.6. The maximum Gasteiger partial charge on any atom is 0.295 e. The number of aryl methyl sites for hydroxylation is 1. The lowest BCUT2D eigenvalue weighted by Gasteiger charge is -2.26. The van der Waals surface area contributed by atoms with E-state index < -0.39 is 17.7 Å². The molecule has 0 bridgehead atoms. The summed E-state index contributed by atoms with van der Waals surface area (Å²) >= 11 is 0. The summed E-state index contributed by atoms with van der Waals surface area (Å²) in [6.07, 6.45) is -0.0207. The van der Waals surface area contributed by atoms with E-state index >= 15 is 0 Å². The highest BCUT2D eigenvalue weighted by molar-refractivity contribution is 6.46. The summed E-state index contributed by atoms with van der Waals surface area (Å²) in [6.45, 7) is 6.56. The first-order valence-corrected chi connectivity index (χ1v) is 12.6. The average Bonchev–Trinajstić information content (AvgIpc) is 3.17. The molecule has 4 rings (SSSR count). The number of carbonyl (C=O) groups is 2. The van der Waals surface area contributed by atoms with Crippen molar-refractivity contribution in [2.45, 2.75) is 39.5 Å². The normalized spacial score (nSPS) is 16.8. The number of ketones is 1. The Morgan fingerprint density at radius 3 is 2.45 bits per heavy atom. The SMILES string of the molecule is COc1cccc(C2/C(=C(/O)c3ccc(OCc4ccccc4)c(C)c3)C(=O)C(=O)N2CCOC(C)C)c1. The Morgan fingerprint density at radius 2 is 1.76 bits per heavy atom. The second-order valence-electron chi connectivity index (χ2n) is 9.44. The van der Waals surface area contributed by atoms with Gasteiger partial charge >= 0.3 is 0 Å². The van der Waals surface area contributed by atoms with Crippen molar-refractivity contribution in [1.29, 1.82) is 0 Å². The van der Waals surface area contributed by atoms with E-state index in [-0.39, 0.29) is 30.6 Å². The van der Waals surface area contributed by atoms with Crippen molar-refractivity contribution >= 4 is 17.4 Å². The number of Topliss-reactive ketones (excluding diaryl/α,β-unsaturated/α-hetero) is 1. The number of hydrogen-bond acceptors (Lipinski definition) is 6. The molecule has 1 heterocycles. The number of benzene rings is 3. The molecule has 1 saturated heterocycles. The van der Waals surface area contributed by atoms with Gasteiger partial charge in [0.05, 0.1) is 31.4 Å². The van der Waals surface area contributed by atoms with Crippen LogP contribution in [0.5, 0.6) is 11.5 Å². The fourth-order valence-corrected chi connectivity index (χ4v) is 4.51. The van der Waals surface area contributed by atoms with Crippen LogP contribution in [0.1, 0.15) is 42.1 Å². The Bertz CT molecular complexity index is 1330. The van der Waals surface area contributed by atoms with Crippen molar-refractivity contribution in [2.24, 2.45) is 0 Å². The molecule has 1 amide bonds. The molecule has 198 valence electrons. The van der Waals surface area contributed by atoms with Gasteiger partial charge in [0.2, 0.25) is 0 Å². The van der Waals surface area contributed by atoms with Gasteiger partial charge in [0.1, 0.15) is 23.9 Å². The highest BCUT2D eigenvalue weighted by Gasteiger charge is 2.46. The average molecular weight is 516 g/mol. The molecule has 7 nitrogen and oxygen atoms in total. The number of nitrogens with zero attached hydrogens (tertiary/aromatic N) is 1. The predicted molar refractivity (Wildman–Crippen MR) is 145 cm³/mol. The number of hydrogen-bond donors (Lipinski definition) is 1. The zero-order valence-corrected chi connectivity index (χ0v) is 22.1. The van der Waals surface area contributed by atoms with E-state index in [1.165, 1.54) is 4.90 Å². The molecule has 1 unspecified atom stereocenters. The van der Waals surface area contributed by atoms with Crippen LogP contribution in [-0.4, -0.2) is 48.1 Å². The molecular formula is C31H33NO6. The van der Waals surface area contributed by atoms with Gasteiger partial charge in [-0.25, -0.2) is 0 Å². The second-order valence-corrected chi connectivity index (χ2v) is 9.44. The number of amides is 1. The quantitative estimate of drug-likeness (QED) is 0.220. The van der Waals surface area contributed by atoms with Crippen LogP contribution < -0.4 is 9.47 Å². The number of methoxy groups -OCH3 is 1. The van der Waals surface area contributed by atoms with Gasteiger partial charge in [0, 0.05) is 12.1 Å². The van der Waals surface area contributed by atoms with Gasteiger partial charge in [-0.2, -0.15) is 0 Å². The molecule has 1 atom stereocenters. The van der Waals surface area contributed by atoms with E-state index in [1.807, 2.05) is 57.2 Å². The van der Waals surface area contributed by atoms with E-state index in [2.05, 4.69) is 0 Å². The van der Waals surface area contributed by atoms with Crippen molar-refractivity contribution in [3.05, 3.63) is 101 Å². The molecule has 1 fully saturated rings. The first-order chi connectivity index (χ1) is 18.3. The number of aliphatic hydroxyl groups excluding tert-OH is 1. The lowest BCUT2D eigenvalue weighted by atomic mass is 9.94. The highest BCUT2D eigenvalue weighted by Crippen LogP contribution is 2.40. The van der Waals surface area contributed by atoms with Crippen molar-refractivity contribution in [2.75, 3.05) is 20.3 Å². The zero-order valence-electron chi connectivity index (χ0n) is 22.1. The lowest BCUT2D eigenvalue weighted by molar-refractivity contribution is -0.140. The molecule has 0 radical (unpaired) electrons. The summed E-state index contributed by atoms with van der Waals surface area (Å²) in [4.78, 5) is 27.9. The summed E-state index contributed by atoms with van der Waals surface area (Å²) in [5.41, 5.74) is 2.96. The van der Waals surface area contributed by atoms with Crippen molar-refractivity contribution in [3.8, 4) is 11.5 Å². The number of ether oxygens (including phenoxy) is 3. The van der Waals surface area contributed by atoms with Gasteiger partial charge in [0.25, 0.3) is 11.7 Å². The third-order valence-corrected chi connectivity index (χ3v) is 6.42. The van der Waals surface area contributed by atoms with Gasteiger partial charge in [-0.3, -0.25) is 9.59 Å². The fourth-order valence-electron chi connectivity index (χ4n) is 4.51. The molecule has 1 N–H and O–H groups in total. The molecule has 1 aliphatic heterocycles. The van der Waals surface area contributed by atoms with Crippen molar-refractivity contribution in [3.63, 3.8) is 0 Å². The Hall–Kier alpha value is -4.10. The number of rotatable bonds is 10. The lowest BCUT2D eigenvalue weighted by Crippen LogP contribution is -2.33. The van der Waals surface area contributed by atoms with E-state index in [4.69, 9.17) is 14.2 Å². The van der Waals surface area contributed by atoms with Crippen LogP contribution in [0.15, 0.2) is 78.4 Å². The second kappa shape index (κ2) is 12.0. The van der Waals surface area contributed by atoms with Crippen molar-refractivity contribution < 1.29 is 28.9 Å². The number of carbonyl (C=O) groups excluding carboxylic acids is 2. The number of likely N-dealkylation sites (tertiary alicyclic amines) is 1. The van der Waals surface area contributed by atoms with Gasteiger partial charge < -0.3 is 24.2 Å². The minimum absolute atomic E-state index is 0.0207. The number of aliphatic hydroxyl groups is 1. The summed E-state index contributed by atoms with van der Waals surface area (Å²) in [7, 11) is 1.55. The third kappa shape index (κ3) is 5.89. The first kappa shape index (κ1) is 26.9. The van der Waals surface area contributed by atoms with Crippen LogP contribution in [0, 0.1) is 6.92 Å². The zero-order chi connectivity index (χ0) is 27.2. The van der Waals surface area contributed by atoms with Gasteiger partial charge in [-0.1, -0.05) is 42.5 Å². The monoisotopic (exact) mass is 515 g/mol. The molecule has 3 aromatic rings. The molecule has 1 aliphatic rings. The van der Waals surface area contributed by atoms with Crippen LogP contribution >= 0.6 is 0 Å². The highest BCUT2D eigenvalue weighted by atomic mass is 16.5. The Morgan fingerprint density at radius 1 is 1.00 bits per heavy atom. The van der Waals surface area contributed by atoms with Gasteiger partial charge in [-0.05, 0) is 67.8 Å². The smallest absolute Gasteiger partial charge is 0.295 e. The Labute approximate surface area is 223 Å². The molecule has 0 saturated carbocycles. The third-order valence-electron chi connectivity index (χ3n) is 6.42. The minimum Gasteiger partial charge on any atom is -0.507 e. The standard InChI is InChI=1S/C31H33NO6/c1-20(2)37-16-15-32-28(23-11-8-12-25(18-23)36-4)27(30(34)31(32)35)29(33)24-13-14-26(21(3)17-24)38-19-22-9-6-5-7-10-22/h5-14,17-18,20,28,33H,15-16,19H2,1-4H3/b29-27-. The van der Waals surface area contributed by atoms with Crippen LogP contribution in [-0.2, 0) is 20.9 Å². The van der Waals surface area contributed by atoms with Crippen molar-refractivity contribution in [1.82, 2.24) is 4.90 Å². The largest absolute Gasteiger partial charge is 0.507 e. The summed E-state index contributed by atoms with van der Waals surface area (Å²) in [5.74, 6) is -0.391. The maximum atomic E-state index is 13.3. The van der Waals surface area contributed by atoms with Crippen LogP contribution in [0.2, 0.25) is 0 Å². The summed E-state index contributed by atoms with van der Waals surface area (Å²) in [5, 5.41) is 11.4. The van der Waals surface area contributed by atoms with Crippen LogP contribution in [0.3, 0.4) is 0 Å². The van der Waals surface area contributed by atoms with Gasteiger partial charge in [-0.15, -0.1) is 0 Å².